The Morgan fingerprint density at radius 2 is 1.68 bits per heavy atom. The molecule has 1 heterocycles. The number of nitrogens with zero attached hydrogens (tertiary/aromatic N) is 1. The van der Waals surface area contributed by atoms with E-state index >= 15 is 0 Å². The summed E-state index contributed by atoms with van der Waals surface area (Å²) in [4.78, 5) is 0. The third kappa shape index (κ3) is 4.06. The van der Waals surface area contributed by atoms with E-state index in [0.717, 1.165) is 24.9 Å². The first-order valence-electron chi connectivity index (χ1n) is 9.15. The highest BCUT2D eigenvalue weighted by atomic mass is 31.2. The molecule has 1 aliphatic rings. The average molecular weight is 357 g/mol. The van der Waals surface area contributed by atoms with E-state index < -0.39 is 7.52 Å². The Labute approximate surface area is 151 Å². The van der Waals surface area contributed by atoms with Crippen LogP contribution in [0.3, 0.4) is 0 Å². The molecular formula is C21H28NO2P. The highest BCUT2D eigenvalue weighted by Gasteiger charge is 2.46. The minimum atomic E-state index is -3.00. The molecule has 2 aromatic carbocycles. The zero-order valence-corrected chi connectivity index (χ0v) is 16.2. The number of rotatable bonds is 5. The summed E-state index contributed by atoms with van der Waals surface area (Å²) >= 11 is 0. The Hall–Kier alpha value is -1.41. The van der Waals surface area contributed by atoms with E-state index in [2.05, 4.69) is 42.8 Å². The summed E-state index contributed by atoms with van der Waals surface area (Å²) in [6.07, 6.45) is 1.68. The van der Waals surface area contributed by atoms with Crippen LogP contribution in [0, 0.1) is 0 Å². The lowest BCUT2D eigenvalue weighted by Gasteiger charge is -2.44. The molecular weight excluding hydrogens is 329 g/mol. The topological polar surface area (TPSA) is 29.5 Å². The van der Waals surface area contributed by atoms with Gasteiger partial charge in [-0.25, -0.2) is 4.67 Å². The molecule has 0 bridgehead atoms. The highest BCUT2D eigenvalue weighted by molar-refractivity contribution is 7.57. The first kappa shape index (κ1) is 18.4. The minimum absolute atomic E-state index is 0.0304. The summed E-state index contributed by atoms with van der Waals surface area (Å²) in [6.45, 7) is 7.08. The molecule has 1 fully saturated rings. The Balaban J connectivity index is 2.04. The lowest BCUT2D eigenvalue weighted by molar-refractivity contribution is 0.122. The van der Waals surface area contributed by atoms with Gasteiger partial charge in [0, 0.05) is 12.6 Å². The fourth-order valence-corrected chi connectivity index (χ4v) is 6.87. The van der Waals surface area contributed by atoms with Crippen molar-refractivity contribution in [3.63, 3.8) is 0 Å². The van der Waals surface area contributed by atoms with Crippen LogP contribution in [0.2, 0.25) is 0 Å². The van der Waals surface area contributed by atoms with E-state index in [1.165, 1.54) is 5.56 Å². The predicted molar refractivity (Wildman–Crippen MR) is 104 cm³/mol. The molecule has 3 nitrogen and oxygen atoms in total. The zero-order valence-electron chi connectivity index (χ0n) is 15.3. The van der Waals surface area contributed by atoms with Gasteiger partial charge in [0.15, 0.2) is 0 Å². The van der Waals surface area contributed by atoms with E-state index in [9.17, 15) is 4.57 Å². The molecule has 134 valence electrons. The molecule has 0 saturated carbocycles. The molecule has 25 heavy (non-hydrogen) atoms. The third-order valence-corrected chi connectivity index (χ3v) is 8.21. The molecule has 0 radical (unpaired) electrons. The van der Waals surface area contributed by atoms with Gasteiger partial charge in [-0.1, -0.05) is 60.7 Å². The second-order valence-electron chi connectivity index (χ2n) is 7.14. The van der Waals surface area contributed by atoms with Crippen molar-refractivity contribution in [1.82, 2.24) is 4.67 Å². The molecule has 0 spiro atoms. The number of benzene rings is 2. The summed E-state index contributed by atoms with van der Waals surface area (Å²) in [5.74, 6) is 0. The van der Waals surface area contributed by atoms with Gasteiger partial charge in [-0.2, -0.15) is 0 Å². The maximum absolute atomic E-state index is 14.2. The van der Waals surface area contributed by atoms with Crippen LogP contribution in [0.15, 0.2) is 60.7 Å². The highest BCUT2D eigenvalue weighted by Crippen LogP contribution is 2.66. The summed E-state index contributed by atoms with van der Waals surface area (Å²) in [5, 5.41) is 0. The smallest absolute Gasteiger partial charge is 0.280 e. The van der Waals surface area contributed by atoms with Gasteiger partial charge in [0.1, 0.15) is 0 Å². The van der Waals surface area contributed by atoms with Crippen molar-refractivity contribution in [3.05, 3.63) is 71.8 Å². The maximum Gasteiger partial charge on any atom is 0.280 e. The Morgan fingerprint density at radius 1 is 1.08 bits per heavy atom. The second kappa shape index (κ2) is 7.86. The molecule has 0 amide bonds. The Bertz CT molecular complexity index is 717. The third-order valence-electron chi connectivity index (χ3n) is 4.90. The fraction of sp³-hybridized carbons (Fsp3) is 0.429. The van der Waals surface area contributed by atoms with E-state index in [1.54, 1.807) is 0 Å². The second-order valence-corrected chi connectivity index (χ2v) is 9.62. The normalized spacial score (nSPS) is 25.8. The van der Waals surface area contributed by atoms with Crippen molar-refractivity contribution in [1.29, 1.82) is 0 Å². The monoisotopic (exact) mass is 357 g/mol. The van der Waals surface area contributed by atoms with Gasteiger partial charge in [-0.05, 0) is 44.7 Å². The van der Waals surface area contributed by atoms with E-state index in [1.807, 2.05) is 43.3 Å². The maximum atomic E-state index is 14.2. The molecule has 0 aromatic heterocycles. The summed E-state index contributed by atoms with van der Waals surface area (Å²) in [6, 6.07) is 20.7. The van der Waals surface area contributed by atoms with Crippen LogP contribution in [-0.2, 0) is 15.5 Å². The van der Waals surface area contributed by atoms with Crippen LogP contribution in [0.25, 0.3) is 0 Å². The summed E-state index contributed by atoms with van der Waals surface area (Å²) < 4.78 is 22.5. The fourth-order valence-electron chi connectivity index (χ4n) is 3.59. The van der Waals surface area contributed by atoms with Crippen LogP contribution in [0.4, 0.5) is 0 Å². The quantitative estimate of drug-likeness (QED) is 0.645. The van der Waals surface area contributed by atoms with Gasteiger partial charge in [0.25, 0.3) is 7.52 Å². The molecule has 4 heteroatoms. The van der Waals surface area contributed by atoms with Crippen LogP contribution >= 0.6 is 7.52 Å². The van der Waals surface area contributed by atoms with Crippen molar-refractivity contribution in [2.45, 2.75) is 51.4 Å². The van der Waals surface area contributed by atoms with E-state index in [0.29, 0.717) is 0 Å². The van der Waals surface area contributed by atoms with Crippen molar-refractivity contribution >= 4 is 7.52 Å². The van der Waals surface area contributed by atoms with E-state index in [-0.39, 0.29) is 17.8 Å². The average Bonchev–Trinajstić information content (AvgIpc) is 2.61. The first-order valence-corrected chi connectivity index (χ1v) is 10.8. The lowest BCUT2D eigenvalue weighted by Crippen LogP contribution is -2.38. The van der Waals surface area contributed by atoms with Gasteiger partial charge >= 0.3 is 0 Å². The molecule has 0 N–H and O–H groups in total. The SMILES string of the molecule is CC(C)N1CC[C@H](C)O[P@]1(=O)[C@H](Cc1ccccc1)c1ccccc1. The standard InChI is InChI=1S/C21H28NO2P/c1-17(2)22-15-14-18(3)24-25(22,23)21(20-12-8-5-9-13-20)16-19-10-6-4-7-11-19/h4-13,17-18,21H,14-16H2,1-3H3/t18-,21+,25+/m0/s1. The molecule has 2 aromatic rings. The minimum Gasteiger partial charge on any atom is -0.314 e. The first-order chi connectivity index (χ1) is 12.0. The Kier molecular flexibility index (Phi) is 5.78. The predicted octanol–water partition coefficient (Wildman–Crippen LogP) is 5.68. The van der Waals surface area contributed by atoms with Gasteiger partial charge in [-0.3, -0.25) is 4.57 Å². The molecule has 0 aliphatic carbocycles. The van der Waals surface area contributed by atoms with Gasteiger partial charge in [-0.15, -0.1) is 0 Å². The largest absolute Gasteiger partial charge is 0.314 e. The van der Waals surface area contributed by atoms with E-state index in [4.69, 9.17) is 4.52 Å². The number of hydrogen-bond donors (Lipinski definition) is 0. The zero-order chi connectivity index (χ0) is 17.9. The summed E-state index contributed by atoms with van der Waals surface area (Å²) in [7, 11) is -3.00. The molecule has 3 rings (SSSR count). The van der Waals surface area contributed by atoms with Gasteiger partial charge < -0.3 is 4.52 Å². The molecule has 3 atom stereocenters. The van der Waals surface area contributed by atoms with Crippen LogP contribution in [0.5, 0.6) is 0 Å². The van der Waals surface area contributed by atoms with Crippen LogP contribution < -0.4 is 0 Å². The molecule has 0 unspecified atom stereocenters. The van der Waals surface area contributed by atoms with Gasteiger partial charge in [0.2, 0.25) is 0 Å². The van der Waals surface area contributed by atoms with Crippen molar-refractivity contribution < 1.29 is 9.09 Å². The van der Waals surface area contributed by atoms with Crippen molar-refractivity contribution in [2.24, 2.45) is 0 Å². The molecule has 1 saturated heterocycles. The molecule has 1 aliphatic heterocycles. The van der Waals surface area contributed by atoms with Crippen LogP contribution in [0.1, 0.15) is 44.0 Å². The number of hydrogen-bond acceptors (Lipinski definition) is 2. The Morgan fingerprint density at radius 3 is 2.28 bits per heavy atom. The van der Waals surface area contributed by atoms with Crippen molar-refractivity contribution in [3.8, 4) is 0 Å². The lowest BCUT2D eigenvalue weighted by atomic mass is 10.0. The van der Waals surface area contributed by atoms with Crippen molar-refractivity contribution in [2.75, 3.05) is 6.54 Å². The van der Waals surface area contributed by atoms with Gasteiger partial charge in [0.05, 0.1) is 11.8 Å². The van der Waals surface area contributed by atoms with Crippen LogP contribution in [-0.4, -0.2) is 23.4 Å². The summed E-state index contributed by atoms with van der Waals surface area (Å²) in [5.41, 5.74) is 2.13.